The first kappa shape index (κ1) is 18.6. The number of aryl methyl sites for hydroxylation is 1. The SMILES string of the molecule is COc1ccccc1N1CCN(Cc2ccccc2-c2ccccc2C)CC1. The second kappa shape index (κ2) is 8.49. The molecule has 0 saturated carbocycles. The van der Waals surface area contributed by atoms with E-state index in [2.05, 4.69) is 77.4 Å². The van der Waals surface area contributed by atoms with Crippen LogP contribution in [-0.2, 0) is 6.54 Å². The lowest BCUT2D eigenvalue weighted by molar-refractivity contribution is 0.249. The quantitative estimate of drug-likeness (QED) is 0.627. The number of para-hydroxylation sites is 2. The van der Waals surface area contributed by atoms with E-state index in [4.69, 9.17) is 4.74 Å². The van der Waals surface area contributed by atoms with Crippen molar-refractivity contribution in [2.45, 2.75) is 13.5 Å². The highest BCUT2D eigenvalue weighted by atomic mass is 16.5. The van der Waals surface area contributed by atoms with E-state index in [1.807, 2.05) is 12.1 Å². The smallest absolute Gasteiger partial charge is 0.142 e. The molecule has 3 aromatic carbocycles. The number of methoxy groups -OCH3 is 1. The molecule has 3 heteroatoms. The molecule has 1 heterocycles. The maximum absolute atomic E-state index is 5.54. The molecule has 28 heavy (non-hydrogen) atoms. The molecule has 1 saturated heterocycles. The van der Waals surface area contributed by atoms with Gasteiger partial charge >= 0.3 is 0 Å². The van der Waals surface area contributed by atoms with Gasteiger partial charge in [0.15, 0.2) is 0 Å². The van der Waals surface area contributed by atoms with E-state index < -0.39 is 0 Å². The number of piperazine rings is 1. The molecule has 1 fully saturated rings. The Bertz CT molecular complexity index is 929. The summed E-state index contributed by atoms with van der Waals surface area (Å²) in [6, 6.07) is 25.8. The fourth-order valence-electron chi connectivity index (χ4n) is 4.07. The van der Waals surface area contributed by atoms with Crippen LogP contribution in [0.4, 0.5) is 5.69 Å². The highest BCUT2D eigenvalue weighted by Crippen LogP contribution is 2.30. The summed E-state index contributed by atoms with van der Waals surface area (Å²) in [4.78, 5) is 4.99. The lowest BCUT2D eigenvalue weighted by Crippen LogP contribution is -2.46. The molecule has 0 atom stereocenters. The molecule has 3 aromatic rings. The number of ether oxygens (including phenoxy) is 1. The Morgan fingerprint density at radius 1 is 0.750 bits per heavy atom. The molecular formula is C25H28N2O. The maximum atomic E-state index is 5.54. The standard InChI is InChI=1S/C25H28N2O/c1-20-9-3-5-11-22(20)23-12-6-4-10-21(23)19-26-15-17-27(18-16-26)24-13-7-8-14-25(24)28-2/h3-14H,15-19H2,1-2H3. The average molecular weight is 373 g/mol. The Kier molecular flexibility index (Phi) is 5.63. The molecule has 0 aliphatic carbocycles. The predicted molar refractivity (Wildman–Crippen MR) is 117 cm³/mol. The second-order valence-electron chi connectivity index (χ2n) is 7.41. The van der Waals surface area contributed by atoms with Crippen LogP contribution in [0.25, 0.3) is 11.1 Å². The normalized spacial score (nSPS) is 14.9. The molecule has 0 amide bonds. The molecular weight excluding hydrogens is 344 g/mol. The average Bonchev–Trinajstić information content (AvgIpc) is 2.75. The molecule has 4 rings (SSSR count). The van der Waals surface area contributed by atoms with Crippen molar-refractivity contribution in [3.8, 4) is 16.9 Å². The number of hydrogen-bond donors (Lipinski definition) is 0. The third kappa shape index (κ3) is 3.90. The van der Waals surface area contributed by atoms with Crippen LogP contribution >= 0.6 is 0 Å². The Morgan fingerprint density at radius 3 is 2.14 bits per heavy atom. The van der Waals surface area contributed by atoms with E-state index in [-0.39, 0.29) is 0 Å². The fourth-order valence-corrected chi connectivity index (χ4v) is 4.07. The van der Waals surface area contributed by atoms with Crippen LogP contribution < -0.4 is 9.64 Å². The van der Waals surface area contributed by atoms with Crippen molar-refractivity contribution in [1.29, 1.82) is 0 Å². The van der Waals surface area contributed by atoms with Crippen LogP contribution in [0.3, 0.4) is 0 Å². The number of nitrogens with zero attached hydrogens (tertiary/aromatic N) is 2. The summed E-state index contributed by atoms with van der Waals surface area (Å²) in [6.07, 6.45) is 0. The molecule has 0 N–H and O–H groups in total. The zero-order valence-electron chi connectivity index (χ0n) is 16.8. The first-order valence-electron chi connectivity index (χ1n) is 10.0. The molecule has 0 aromatic heterocycles. The number of benzene rings is 3. The van der Waals surface area contributed by atoms with Crippen molar-refractivity contribution in [2.24, 2.45) is 0 Å². The van der Waals surface area contributed by atoms with Gasteiger partial charge in [-0.15, -0.1) is 0 Å². The van der Waals surface area contributed by atoms with E-state index in [9.17, 15) is 0 Å². The summed E-state index contributed by atoms with van der Waals surface area (Å²) in [5.41, 5.74) is 6.63. The molecule has 1 aliphatic heterocycles. The second-order valence-corrected chi connectivity index (χ2v) is 7.41. The van der Waals surface area contributed by atoms with Crippen molar-refractivity contribution >= 4 is 5.69 Å². The number of rotatable bonds is 5. The van der Waals surface area contributed by atoms with Crippen molar-refractivity contribution in [2.75, 3.05) is 38.2 Å². The van der Waals surface area contributed by atoms with Gasteiger partial charge in [0.1, 0.15) is 5.75 Å². The van der Waals surface area contributed by atoms with Crippen molar-refractivity contribution in [3.63, 3.8) is 0 Å². The van der Waals surface area contributed by atoms with Crippen LogP contribution in [0.15, 0.2) is 72.8 Å². The predicted octanol–water partition coefficient (Wildman–Crippen LogP) is 4.99. The van der Waals surface area contributed by atoms with Gasteiger partial charge in [0.25, 0.3) is 0 Å². The van der Waals surface area contributed by atoms with Gasteiger partial charge in [-0.25, -0.2) is 0 Å². The summed E-state index contributed by atoms with van der Waals surface area (Å²) in [6.45, 7) is 7.34. The van der Waals surface area contributed by atoms with Crippen molar-refractivity contribution < 1.29 is 4.74 Å². The molecule has 1 aliphatic rings. The van der Waals surface area contributed by atoms with Crippen LogP contribution in [0, 0.1) is 6.92 Å². The highest BCUT2D eigenvalue weighted by molar-refractivity contribution is 5.70. The monoisotopic (exact) mass is 372 g/mol. The van der Waals surface area contributed by atoms with Crippen molar-refractivity contribution in [3.05, 3.63) is 83.9 Å². The van der Waals surface area contributed by atoms with E-state index in [1.54, 1.807) is 7.11 Å². The lowest BCUT2D eigenvalue weighted by Gasteiger charge is -2.37. The minimum absolute atomic E-state index is 0.959. The van der Waals surface area contributed by atoms with Gasteiger partial charge in [-0.05, 0) is 41.3 Å². The van der Waals surface area contributed by atoms with Crippen LogP contribution in [0.2, 0.25) is 0 Å². The van der Waals surface area contributed by atoms with Crippen LogP contribution in [0.1, 0.15) is 11.1 Å². The Balaban J connectivity index is 1.47. The lowest BCUT2D eigenvalue weighted by atomic mass is 9.95. The van der Waals surface area contributed by atoms with Gasteiger partial charge in [0, 0.05) is 32.7 Å². The maximum Gasteiger partial charge on any atom is 0.142 e. The van der Waals surface area contributed by atoms with Crippen LogP contribution in [-0.4, -0.2) is 38.2 Å². The minimum Gasteiger partial charge on any atom is -0.495 e. The van der Waals surface area contributed by atoms with Gasteiger partial charge in [-0.2, -0.15) is 0 Å². The highest BCUT2D eigenvalue weighted by Gasteiger charge is 2.20. The van der Waals surface area contributed by atoms with E-state index in [0.29, 0.717) is 0 Å². The summed E-state index contributed by atoms with van der Waals surface area (Å²) in [7, 11) is 1.75. The summed E-state index contributed by atoms with van der Waals surface area (Å²) < 4.78 is 5.54. The summed E-state index contributed by atoms with van der Waals surface area (Å²) in [5, 5.41) is 0. The van der Waals surface area contributed by atoms with Gasteiger partial charge in [-0.3, -0.25) is 4.90 Å². The van der Waals surface area contributed by atoms with E-state index in [1.165, 1.54) is 27.9 Å². The van der Waals surface area contributed by atoms with E-state index in [0.717, 1.165) is 38.5 Å². The molecule has 0 spiro atoms. The zero-order valence-corrected chi connectivity index (χ0v) is 16.8. The van der Waals surface area contributed by atoms with Crippen molar-refractivity contribution in [1.82, 2.24) is 4.90 Å². The van der Waals surface area contributed by atoms with Crippen LogP contribution in [0.5, 0.6) is 5.75 Å². The molecule has 3 nitrogen and oxygen atoms in total. The third-order valence-corrected chi connectivity index (χ3v) is 5.64. The molecule has 0 radical (unpaired) electrons. The van der Waals surface area contributed by atoms with Gasteiger partial charge in [0.2, 0.25) is 0 Å². The molecule has 0 bridgehead atoms. The third-order valence-electron chi connectivity index (χ3n) is 5.64. The Labute approximate surface area is 168 Å². The summed E-state index contributed by atoms with van der Waals surface area (Å²) in [5.74, 6) is 0.959. The largest absolute Gasteiger partial charge is 0.495 e. The number of anilines is 1. The molecule has 0 unspecified atom stereocenters. The topological polar surface area (TPSA) is 15.7 Å². The van der Waals surface area contributed by atoms with Gasteiger partial charge in [0.05, 0.1) is 12.8 Å². The Hall–Kier alpha value is -2.78. The first-order chi connectivity index (χ1) is 13.8. The van der Waals surface area contributed by atoms with Gasteiger partial charge in [-0.1, -0.05) is 60.7 Å². The number of hydrogen-bond acceptors (Lipinski definition) is 3. The Morgan fingerprint density at radius 2 is 1.39 bits per heavy atom. The zero-order chi connectivity index (χ0) is 19.3. The fraction of sp³-hybridized carbons (Fsp3) is 0.280. The summed E-state index contributed by atoms with van der Waals surface area (Å²) >= 11 is 0. The minimum atomic E-state index is 0.959. The first-order valence-corrected chi connectivity index (χ1v) is 10.0. The molecule has 144 valence electrons. The van der Waals surface area contributed by atoms with Gasteiger partial charge < -0.3 is 9.64 Å². The van der Waals surface area contributed by atoms with E-state index >= 15 is 0 Å².